The van der Waals surface area contributed by atoms with Crippen molar-refractivity contribution in [2.24, 2.45) is 5.92 Å². The number of nitrogens with one attached hydrogen (secondary N) is 1. The Balaban J connectivity index is 1.96. The topological polar surface area (TPSA) is 64.9 Å². The SMILES string of the molecule is CC(C)CNc1nc(Cl)nc2c1cnn2C1CCCCO1. The molecular weight excluding hydrogens is 290 g/mol. The maximum absolute atomic E-state index is 6.06. The summed E-state index contributed by atoms with van der Waals surface area (Å²) in [5, 5.41) is 8.86. The highest BCUT2D eigenvalue weighted by molar-refractivity contribution is 6.28. The fraction of sp³-hybridized carbons (Fsp3) is 0.643. The van der Waals surface area contributed by atoms with Crippen molar-refractivity contribution in [1.82, 2.24) is 19.7 Å². The Morgan fingerprint density at radius 1 is 1.43 bits per heavy atom. The Morgan fingerprint density at radius 2 is 2.29 bits per heavy atom. The molecule has 1 aliphatic heterocycles. The molecule has 3 rings (SSSR count). The molecule has 3 heterocycles. The van der Waals surface area contributed by atoms with E-state index in [4.69, 9.17) is 16.3 Å². The Bertz CT molecular complexity index is 621. The van der Waals surface area contributed by atoms with Crippen LogP contribution >= 0.6 is 11.6 Å². The van der Waals surface area contributed by atoms with Gasteiger partial charge in [-0.15, -0.1) is 0 Å². The molecule has 2 aromatic heterocycles. The van der Waals surface area contributed by atoms with Crippen molar-refractivity contribution in [3.05, 3.63) is 11.5 Å². The van der Waals surface area contributed by atoms with E-state index in [9.17, 15) is 0 Å². The van der Waals surface area contributed by atoms with Crippen molar-refractivity contribution in [3.63, 3.8) is 0 Å². The Hall–Kier alpha value is -1.40. The molecule has 1 fully saturated rings. The minimum Gasteiger partial charge on any atom is -0.369 e. The van der Waals surface area contributed by atoms with Gasteiger partial charge in [0.05, 0.1) is 11.6 Å². The Kier molecular flexibility index (Phi) is 4.26. The van der Waals surface area contributed by atoms with Crippen LogP contribution in [0.25, 0.3) is 11.0 Å². The summed E-state index contributed by atoms with van der Waals surface area (Å²) >= 11 is 6.06. The van der Waals surface area contributed by atoms with E-state index >= 15 is 0 Å². The molecule has 0 spiro atoms. The van der Waals surface area contributed by atoms with E-state index in [1.165, 1.54) is 0 Å². The molecule has 0 aliphatic carbocycles. The molecule has 1 saturated heterocycles. The highest BCUT2D eigenvalue weighted by Gasteiger charge is 2.21. The van der Waals surface area contributed by atoms with Crippen molar-refractivity contribution < 1.29 is 4.74 Å². The molecule has 1 unspecified atom stereocenters. The number of hydrogen-bond donors (Lipinski definition) is 1. The van der Waals surface area contributed by atoms with Gasteiger partial charge in [0.15, 0.2) is 11.9 Å². The summed E-state index contributed by atoms with van der Waals surface area (Å²) in [6, 6.07) is 0. The van der Waals surface area contributed by atoms with E-state index in [0.717, 1.165) is 49.3 Å². The standard InChI is InChI=1S/C14H20ClN5O/c1-9(2)7-16-12-10-8-17-20(11-5-3-4-6-21-11)13(10)19-14(15)18-12/h8-9,11H,3-7H2,1-2H3,(H,16,18,19). The van der Waals surface area contributed by atoms with Crippen LogP contribution in [0.5, 0.6) is 0 Å². The number of anilines is 1. The quantitative estimate of drug-likeness (QED) is 0.878. The lowest BCUT2D eigenvalue weighted by Gasteiger charge is -2.23. The maximum atomic E-state index is 6.06. The number of ether oxygens (including phenoxy) is 1. The van der Waals surface area contributed by atoms with Gasteiger partial charge in [-0.05, 0) is 36.8 Å². The van der Waals surface area contributed by atoms with Crippen molar-refractivity contribution in [2.45, 2.75) is 39.3 Å². The van der Waals surface area contributed by atoms with Gasteiger partial charge in [-0.2, -0.15) is 15.1 Å². The second kappa shape index (κ2) is 6.15. The number of halogens is 1. The predicted molar refractivity (Wildman–Crippen MR) is 82.5 cm³/mol. The number of fused-ring (bicyclic) bond motifs is 1. The summed E-state index contributed by atoms with van der Waals surface area (Å²) in [6.45, 7) is 5.88. The highest BCUT2D eigenvalue weighted by atomic mass is 35.5. The van der Waals surface area contributed by atoms with E-state index < -0.39 is 0 Å². The summed E-state index contributed by atoms with van der Waals surface area (Å²) in [7, 11) is 0. The smallest absolute Gasteiger partial charge is 0.226 e. The zero-order valence-electron chi connectivity index (χ0n) is 12.3. The molecule has 1 atom stereocenters. The molecule has 1 N–H and O–H groups in total. The number of rotatable bonds is 4. The molecule has 0 amide bonds. The van der Waals surface area contributed by atoms with Gasteiger partial charge in [-0.3, -0.25) is 0 Å². The third-order valence-corrected chi connectivity index (χ3v) is 3.70. The minimum absolute atomic E-state index is 0.0554. The first-order valence-corrected chi connectivity index (χ1v) is 7.79. The van der Waals surface area contributed by atoms with Crippen LogP contribution in [0.3, 0.4) is 0 Å². The average Bonchev–Trinajstić information content (AvgIpc) is 2.89. The molecule has 6 nitrogen and oxygen atoms in total. The Morgan fingerprint density at radius 3 is 3.00 bits per heavy atom. The normalized spacial score (nSPS) is 19.3. The van der Waals surface area contributed by atoms with Crippen LogP contribution in [-0.2, 0) is 4.74 Å². The lowest BCUT2D eigenvalue weighted by Crippen LogP contribution is -2.19. The van der Waals surface area contributed by atoms with Gasteiger partial charge in [0.2, 0.25) is 5.28 Å². The van der Waals surface area contributed by atoms with Crippen LogP contribution < -0.4 is 5.32 Å². The van der Waals surface area contributed by atoms with E-state index in [-0.39, 0.29) is 11.5 Å². The summed E-state index contributed by atoms with van der Waals surface area (Å²) in [6.07, 6.45) is 4.93. The lowest BCUT2D eigenvalue weighted by atomic mass is 10.2. The molecule has 0 aromatic carbocycles. The number of nitrogens with zero attached hydrogens (tertiary/aromatic N) is 4. The van der Waals surface area contributed by atoms with Crippen molar-refractivity contribution >= 4 is 28.5 Å². The molecule has 2 aromatic rings. The lowest BCUT2D eigenvalue weighted by molar-refractivity contribution is -0.0370. The average molecular weight is 310 g/mol. The monoisotopic (exact) mass is 309 g/mol. The van der Waals surface area contributed by atoms with Crippen LogP contribution in [0.2, 0.25) is 5.28 Å². The van der Waals surface area contributed by atoms with Crippen molar-refractivity contribution in [2.75, 3.05) is 18.5 Å². The summed E-state index contributed by atoms with van der Waals surface area (Å²) in [5.41, 5.74) is 0.730. The molecule has 114 valence electrons. The van der Waals surface area contributed by atoms with Crippen LogP contribution in [0.15, 0.2) is 6.20 Å². The van der Waals surface area contributed by atoms with E-state index in [1.54, 1.807) is 6.20 Å². The first-order valence-electron chi connectivity index (χ1n) is 7.41. The zero-order chi connectivity index (χ0) is 14.8. The summed E-state index contributed by atoms with van der Waals surface area (Å²) < 4.78 is 7.61. The van der Waals surface area contributed by atoms with E-state index in [1.807, 2.05) is 4.68 Å². The van der Waals surface area contributed by atoms with Crippen molar-refractivity contribution in [1.29, 1.82) is 0 Å². The van der Waals surface area contributed by atoms with Gasteiger partial charge in [-0.25, -0.2) is 4.68 Å². The maximum Gasteiger partial charge on any atom is 0.226 e. The van der Waals surface area contributed by atoms with E-state index in [2.05, 4.69) is 34.2 Å². The molecule has 1 aliphatic rings. The Labute approximate surface area is 128 Å². The predicted octanol–water partition coefficient (Wildman–Crippen LogP) is 3.25. The summed E-state index contributed by atoms with van der Waals surface area (Å²) in [5.74, 6) is 1.26. The van der Waals surface area contributed by atoms with E-state index in [0.29, 0.717) is 5.92 Å². The fourth-order valence-corrected chi connectivity index (χ4v) is 2.63. The molecule has 0 saturated carbocycles. The van der Waals surface area contributed by atoms with Gasteiger partial charge in [-0.1, -0.05) is 13.8 Å². The van der Waals surface area contributed by atoms with Gasteiger partial charge in [0, 0.05) is 13.2 Å². The summed E-state index contributed by atoms with van der Waals surface area (Å²) in [4.78, 5) is 8.61. The first kappa shape index (κ1) is 14.5. The van der Waals surface area contributed by atoms with Gasteiger partial charge < -0.3 is 10.1 Å². The van der Waals surface area contributed by atoms with Crippen molar-refractivity contribution in [3.8, 4) is 0 Å². The fourth-order valence-electron chi connectivity index (χ4n) is 2.46. The van der Waals surface area contributed by atoms with Crippen LogP contribution in [0.1, 0.15) is 39.3 Å². The minimum atomic E-state index is -0.0554. The zero-order valence-corrected chi connectivity index (χ0v) is 13.1. The number of hydrogen-bond acceptors (Lipinski definition) is 5. The third kappa shape index (κ3) is 3.11. The van der Waals surface area contributed by atoms with Crippen LogP contribution in [-0.4, -0.2) is 32.9 Å². The third-order valence-electron chi connectivity index (χ3n) is 3.53. The molecule has 7 heteroatoms. The second-order valence-corrected chi connectivity index (χ2v) is 6.10. The number of aromatic nitrogens is 4. The largest absolute Gasteiger partial charge is 0.369 e. The van der Waals surface area contributed by atoms with Gasteiger partial charge in [0.25, 0.3) is 0 Å². The second-order valence-electron chi connectivity index (χ2n) is 5.76. The highest BCUT2D eigenvalue weighted by Crippen LogP contribution is 2.28. The van der Waals surface area contributed by atoms with Crippen LogP contribution in [0, 0.1) is 5.92 Å². The van der Waals surface area contributed by atoms with Gasteiger partial charge >= 0.3 is 0 Å². The molecular formula is C14H20ClN5O. The molecule has 0 bridgehead atoms. The molecule has 21 heavy (non-hydrogen) atoms. The molecule has 0 radical (unpaired) electrons. The first-order chi connectivity index (χ1) is 10.1. The van der Waals surface area contributed by atoms with Gasteiger partial charge in [0.1, 0.15) is 5.82 Å². The van der Waals surface area contributed by atoms with Crippen LogP contribution in [0.4, 0.5) is 5.82 Å².